The van der Waals surface area contributed by atoms with E-state index in [9.17, 15) is 9.18 Å². The Kier molecular flexibility index (Phi) is 12.5. The van der Waals surface area contributed by atoms with Crippen LogP contribution in [0.5, 0.6) is 5.75 Å². The molecule has 3 aromatic carbocycles. The molecule has 0 aliphatic carbocycles. The molecule has 0 radical (unpaired) electrons. The standard InChI is InChI=1S/C24H25N5OS.C21H24FN5O2S/c25-24-26-22(20-17-21(31-23(20)27-24)18-7-3-1-4-8-18)29-13-11-28(12-14-29)15-16-30-19-9-5-2-6-10-19;1-21(2,3)29-20(28)24-14-8-9-27(11-14)17-15-10-16(12-4-6-13(22)7-5-12)30-18(15)26-19(23)25-17/h1-10,17H,11-16H2,(H2,25,26,27);4-7,10,14H,8-9,11H2,1-3H3,(H,24,28)(H2,23,25,26)/t;14-/m.1/s1. The predicted octanol–water partition coefficient (Wildman–Crippen LogP) is 8.32. The number of nitrogen functional groups attached to an aromatic ring is 2. The normalized spacial score (nSPS) is 15.8. The summed E-state index contributed by atoms with van der Waals surface area (Å²) in [5.74, 6) is 2.88. The summed E-state index contributed by atoms with van der Waals surface area (Å²) in [7, 11) is 0. The number of rotatable bonds is 9. The number of thiophene rings is 2. The summed E-state index contributed by atoms with van der Waals surface area (Å²) < 4.78 is 24.5. The van der Waals surface area contributed by atoms with Crippen molar-refractivity contribution in [1.82, 2.24) is 30.2 Å². The van der Waals surface area contributed by atoms with E-state index in [0.717, 1.165) is 93.9 Å². The van der Waals surface area contributed by atoms with Crippen molar-refractivity contribution in [2.75, 3.05) is 73.7 Å². The topological polar surface area (TPSA) is 161 Å². The number of alkyl carbamates (subject to hydrolysis) is 1. The highest BCUT2D eigenvalue weighted by atomic mass is 32.1. The third-order valence-corrected chi connectivity index (χ3v) is 12.4. The Hall–Kier alpha value is -6.10. The zero-order chi connectivity index (χ0) is 42.5. The first-order chi connectivity index (χ1) is 29.4. The molecule has 16 heteroatoms. The van der Waals surface area contributed by atoms with E-state index >= 15 is 0 Å². The van der Waals surface area contributed by atoms with Crippen LogP contribution in [0.1, 0.15) is 27.2 Å². The molecule has 316 valence electrons. The van der Waals surface area contributed by atoms with Crippen molar-refractivity contribution in [1.29, 1.82) is 0 Å². The maximum absolute atomic E-state index is 13.3. The van der Waals surface area contributed by atoms with Crippen molar-refractivity contribution in [2.24, 2.45) is 0 Å². The lowest BCUT2D eigenvalue weighted by Crippen LogP contribution is -2.47. The predicted molar refractivity (Wildman–Crippen MR) is 245 cm³/mol. The van der Waals surface area contributed by atoms with E-state index in [0.29, 0.717) is 19.1 Å². The fourth-order valence-corrected chi connectivity index (χ4v) is 9.44. The van der Waals surface area contributed by atoms with Crippen LogP contribution < -0.4 is 31.3 Å². The number of hydrogen-bond acceptors (Lipinski definition) is 14. The lowest BCUT2D eigenvalue weighted by molar-refractivity contribution is 0.0509. The number of nitrogens with one attached hydrogen (secondary N) is 1. The van der Waals surface area contributed by atoms with Crippen LogP contribution in [0.2, 0.25) is 0 Å². The molecule has 0 bridgehead atoms. The first kappa shape index (κ1) is 41.6. The van der Waals surface area contributed by atoms with Gasteiger partial charge in [-0.2, -0.15) is 9.97 Å². The van der Waals surface area contributed by atoms with Crippen molar-refractivity contribution in [3.63, 3.8) is 0 Å². The number of anilines is 4. The SMILES string of the molecule is CC(C)(C)OC(=O)N[C@@H]1CCN(c2nc(N)nc3sc(-c4ccc(F)cc4)cc23)C1.Nc1nc(N2CCN(CCOc3ccccc3)CC2)c2cc(-c3ccccc3)sc2n1. The van der Waals surface area contributed by atoms with Gasteiger partial charge in [-0.05, 0) is 74.7 Å². The first-order valence-corrected chi connectivity index (χ1v) is 21.9. The molecule has 0 unspecified atom stereocenters. The van der Waals surface area contributed by atoms with E-state index in [-0.39, 0.29) is 17.8 Å². The number of aromatic nitrogens is 4. The molecule has 6 heterocycles. The van der Waals surface area contributed by atoms with Crippen molar-refractivity contribution < 1.29 is 18.7 Å². The summed E-state index contributed by atoms with van der Waals surface area (Å²) in [4.78, 5) is 40.8. The molecule has 1 amide bonds. The molecule has 1 atom stereocenters. The Balaban J connectivity index is 0.000000169. The van der Waals surface area contributed by atoms with Crippen LogP contribution in [0.15, 0.2) is 97.1 Å². The van der Waals surface area contributed by atoms with Crippen molar-refractivity contribution >= 4 is 72.7 Å². The number of ether oxygens (including phenoxy) is 2. The molecule has 7 aromatic rings. The van der Waals surface area contributed by atoms with Gasteiger partial charge in [0.05, 0.1) is 16.8 Å². The molecule has 5 N–H and O–H groups in total. The van der Waals surface area contributed by atoms with Gasteiger partial charge in [-0.1, -0.05) is 60.7 Å². The van der Waals surface area contributed by atoms with Gasteiger partial charge < -0.3 is 36.1 Å². The molecule has 2 aliphatic heterocycles. The Bertz CT molecular complexity index is 2580. The summed E-state index contributed by atoms with van der Waals surface area (Å²) in [6, 6.07) is 30.9. The molecular weight excluding hydrogens is 812 g/mol. The van der Waals surface area contributed by atoms with Crippen LogP contribution in [0.25, 0.3) is 41.3 Å². The van der Waals surface area contributed by atoms with E-state index in [2.05, 4.69) is 70.3 Å². The average molecular weight is 861 g/mol. The maximum Gasteiger partial charge on any atom is 0.407 e. The largest absolute Gasteiger partial charge is 0.492 e. The van der Waals surface area contributed by atoms with Crippen molar-refractivity contribution in [3.8, 4) is 26.6 Å². The number of halogens is 1. The van der Waals surface area contributed by atoms with Crippen molar-refractivity contribution in [3.05, 3.63) is 103 Å². The minimum Gasteiger partial charge on any atom is -0.492 e. The molecule has 0 saturated carbocycles. The molecule has 9 rings (SSSR count). The number of benzene rings is 3. The molecule has 4 aromatic heterocycles. The Labute approximate surface area is 362 Å². The first-order valence-electron chi connectivity index (χ1n) is 20.3. The number of carbonyl (C=O) groups is 1. The highest BCUT2D eigenvalue weighted by molar-refractivity contribution is 7.22. The molecule has 61 heavy (non-hydrogen) atoms. The molecule has 2 saturated heterocycles. The van der Waals surface area contributed by atoms with Crippen LogP contribution in [-0.4, -0.2) is 95.0 Å². The van der Waals surface area contributed by atoms with E-state index in [1.165, 1.54) is 33.9 Å². The van der Waals surface area contributed by atoms with Gasteiger partial charge in [0, 0.05) is 55.6 Å². The summed E-state index contributed by atoms with van der Waals surface area (Å²) >= 11 is 3.16. The summed E-state index contributed by atoms with van der Waals surface area (Å²) in [5, 5.41) is 4.90. The summed E-state index contributed by atoms with van der Waals surface area (Å²) in [6.07, 6.45) is 0.357. The zero-order valence-corrected chi connectivity index (χ0v) is 36.0. The maximum atomic E-state index is 13.3. The third kappa shape index (κ3) is 10.4. The summed E-state index contributed by atoms with van der Waals surface area (Å²) in [5.41, 5.74) is 13.6. The summed E-state index contributed by atoms with van der Waals surface area (Å²) in [6.45, 7) is 12.2. The Morgan fingerprint density at radius 2 is 1.31 bits per heavy atom. The van der Waals surface area contributed by atoms with E-state index < -0.39 is 11.7 Å². The monoisotopic (exact) mass is 860 g/mol. The quantitative estimate of drug-likeness (QED) is 0.128. The highest BCUT2D eigenvalue weighted by Crippen LogP contribution is 2.39. The molecule has 13 nitrogen and oxygen atoms in total. The lowest BCUT2D eigenvalue weighted by Gasteiger charge is -2.35. The number of hydrogen-bond donors (Lipinski definition) is 3. The second-order valence-corrected chi connectivity index (χ2v) is 18.0. The van der Waals surface area contributed by atoms with Gasteiger partial charge in [0.1, 0.15) is 45.1 Å². The lowest BCUT2D eigenvalue weighted by atomic mass is 10.2. The van der Waals surface area contributed by atoms with Crippen molar-refractivity contribution in [2.45, 2.75) is 38.8 Å². The van der Waals surface area contributed by atoms with E-state index in [4.69, 9.17) is 20.9 Å². The molecule has 2 aliphatic rings. The number of nitrogens with zero attached hydrogens (tertiary/aromatic N) is 7. The van der Waals surface area contributed by atoms with E-state index in [1.807, 2.05) is 63.2 Å². The van der Waals surface area contributed by atoms with Crippen LogP contribution in [0, 0.1) is 5.82 Å². The number of nitrogens with two attached hydrogens (primary N) is 2. The van der Waals surface area contributed by atoms with Crippen LogP contribution >= 0.6 is 22.7 Å². The second-order valence-electron chi connectivity index (χ2n) is 15.9. The Morgan fingerprint density at radius 1 is 0.754 bits per heavy atom. The van der Waals surface area contributed by atoms with Gasteiger partial charge >= 0.3 is 6.09 Å². The molecule has 2 fully saturated rings. The third-order valence-electron chi connectivity index (χ3n) is 10.3. The van der Waals surface area contributed by atoms with Crippen LogP contribution in [-0.2, 0) is 4.74 Å². The fourth-order valence-electron chi connectivity index (χ4n) is 7.37. The molecule has 0 spiro atoms. The van der Waals surface area contributed by atoms with Crippen LogP contribution in [0.3, 0.4) is 0 Å². The minimum absolute atomic E-state index is 0.0405. The number of piperazine rings is 1. The average Bonchev–Trinajstić information content (AvgIpc) is 4.00. The van der Waals surface area contributed by atoms with E-state index in [1.54, 1.807) is 23.5 Å². The minimum atomic E-state index is -0.539. The number of amides is 1. The Morgan fingerprint density at radius 3 is 1.90 bits per heavy atom. The van der Waals surface area contributed by atoms with Gasteiger partial charge in [-0.25, -0.2) is 19.2 Å². The van der Waals surface area contributed by atoms with Crippen LogP contribution in [0.4, 0.5) is 32.7 Å². The zero-order valence-electron chi connectivity index (χ0n) is 34.4. The van der Waals surface area contributed by atoms with Gasteiger partial charge in [0.25, 0.3) is 0 Å². The number of fused-ring (bicyclic) bond motifs is 2. The number of para-hydroxylation sites is 1. The number of carbonyl (C=O) groups excluding carboxylic acids is 1. The smallest absolute Gasteiger partial charge is 0.407 e. The van der Waals surface area contributed by atoms with Gasteiger partial charge in [-0.15, -0.1) is 22.7 Å². The highest BCUT2D eigenvalue weighted by Gasteiger charge is 2.29. The second kappa shape index (κ2) is 18.3. The van der Waals surface area contributed by atoms with Gasteiger partial charge in [0.15, 0.2) is 0 Å². The van der Waals surface area contributed by atoms with Gasteiger partial charge in [-0.3, -0.25) is 4.90 Å². The molecular formula is C45H49FN10O3S2. The van der Waals surface area contributed by atoms with Gasteiger partial charge in [0.2, 0.25) is 11.9 Å². The fraction of sp³-hybridized carbons (Fsp3) is 0.311.